The van der Waals surface area contributed by atoms with E-state index in [0.717, 1.165) is 19.3 Å². The minimum atomic E-state index is -0.999. The fraction of sp³-hybridized carbons (Fsp3) is 0.636. The summed E-state index contributed by atoms with van der Waals surface area (Å²) in [5, 5.41) is 14.0. The number of allylic oxidation sites excluding steroid dienone is 1. The normalized spacial score (nSPS) is 21.2. The van der Waals surface area contributed by atoms with Crippen LogP contribution in [-0.2, 0) is 4.79 Å². The molecule has 0 aliphatic heterocycles. The summed E-state index contributed by atoms with van der Waals surface area (Å²) in [5.41, 5.74) is 0. The highest BCUT2D eigenvalue weighted by molar-refractivity contribution is 5.82. The van der Waals surface area contributed by atoms with E-state index in [9.17, 15) is 9.59 Å². The van der Waals surface area contributed by atoms with Gasteiger partial charge in [0.05, 0.1) is 0 Å². The molecule has 3 N–H and O–H groups in total. The molecule has 5 nitrogen and oxygen atoms in total. The molecular formula is C11H18N2O3. The molecule has 1 aliphatic rings. The lowest BCUT2D eigenvalue weighted by atomic mass is 10.0. The molecular weight excluding hydrogens is 208 g/mol. The van der Waals surface area contributed by atoms with E-state index in [1.54, 1.807) is 6.92 Å². The Labute approximate surface area is 94.9 Å². The van der Waals surface area contributed by atoms with Crippen LogP contribution in [0.15, 0.2) is 12.2 Å². The quantitative estimate of drug-likeness (QED) is 0.631. The van der Waals surface area contributed by atoms with Crippen LogP contribution in [0.25, 0.3) is 0 Å². The van der Waals surface area contributed by atoms with Crippen molar-refractivity contribution in [1.29, 1.82) is 0 Å². The van der Waals surface area contributed by atoms with Gasteiger partial charge in [-0.1, -0.05) is 19.1 Å². The minimum absolute atomic E-state index is 0.122. The minimum Gasteiger partial charge on any atom is -0.480 e. The van der Waals surface area contributed by atoms with Crippen molar-refractivity contribution >= 4 is 12.0 Å². The summed E-state index contributed by atoms with van der Waals surface area (Å²) in [4.78, 5) is 22.2. The molecule has 0 saturated heterocycles. The van der Waals surface area contributed by atoms with Gasteiger partial charge in [-0.15, -0.1) is 0 Å². The van der Waals surface area contributed by atoms with E-state index < -0.39 is 18.0 Å². The highest BCUT2D eigenvalue weighted by atomic mass is 16.4. The number of aliphatic carboxylic acids is 1. The molecule has 0 bridgehead atoms. The molecule has 0 spiro atoms. The summed E-state index contributed by atoms with van der Waals surface area (Å²) in [7, 11) is 0. The Kier molecular flexibility index (Phi) is 4.82. The maximum absolute atomic E-state index is 11.5. The predicted octanol–water partition coefficient (Wildman–Crippen LogP) is 1.26. The third-order valence-electron chi connectivity index (χ3n) is 2.62. The fourth-order valence-corrected chi connectivity index (χ4v) is 1.65. The molecule has 0 aromatic rings. The largest absolute Gasteiger partial charge is 0.480 e. The molecule has 16 heavy (non-hydrogen) atoms. The fourth-order valence-electron chi connectivity index (χ4n) is 1.65. The molecule has 0 fully saturated rings. The summed E-state index contributed by atoms with van der Waals surface area (Å²) in [6.07, 6.45) is 7.19. The van der Waals surface area contributed by atoms with Crippen LogP contribution in [-0.4, -0.2) is 29.2 Å². The van der Waals surface area contributed by atoms with E-state index in [1.807, 2.05) is 6.08 Å². The Bertz CT molecular complexity index is 289. The number of carbonyl (C=O) groups excluding carboxylic acids is 1. The summed E-state index contributed by atoms with van der Waals surface area (Å²) in [6.45, 7) is 1.72. The molecule has 2 amide bonds. The highest BCUT2D eigenvalue weighted by Crippen LogP contribution is 2.10. The first-order chi connectivity index (χ1) is 7.63. The van der Waals surface area contributed by atoms with Gasteiger partial charge in [-0.2, -0.15) is 0 Å². The summed E-state index contributed by atoms with van der Waals surface area (Å²) >= 11 is 0. The number of hydrogen-bond acceptors (Lipinski definition) is 2. The third-order valence-corrected chi connectivity index (χ3v) is 2.62. The van der Waals surface area contributed by atoms with Gasteiger partial charge < -0.3 is 15.7 Å². The number of urea groups is 1. The lowest BCUT2D eigenvalue weighted by Gasteiger charge is -2.21. The second-order valence-corrected chi connectivity index (χ2v) is 3.90. The van der Waals surface area contributed by atoms with Gasteiger partial charge in [0.25, 0.3) is 0 Å². The van der Waals surface area contributed by atoms with Gasteiger partial charge in [-0.3, -0.25) is 0 Å². The third kappa shape index (κ3) is 3.92. The van der Waals surface area contributed by atoms with Crippen molar-refractivity contribution in [2.24, 2.45) is 0 Å². The number of nitrogens with one attached hydrogen (secondary N) is 2. The van der Waals surface area contributed by atoms with Crippen LogP contribution in [0.5, 0.6) is 0 Å². The molecule has 0 saturated carbocycles. The molecule has 1 unspecified atom stereocenters. The molecule has 0 heterocycles. The Hall–Kier alpha value is -1.52. The number of carboxylic acid groups (broad SMARTS) is 1. The zero-order valence-electron chi connectivity index (χ0n) is 9.40. The highest BCUT2D eigenvalue weighted by Gasteiger charge is 2.19. The first kappa shape index (κ1) is 12.5. The van der Waals surface area contributed by atoms with E-state index in [-0.39, 0.29) is 6.04 Å². The average molecular weight is 226 g/mol. The molecule has 90 valence electrons. The smallest absolute Gasteiger partial charge is 0.326 e. The Morgan fingerprint density at radius 1 is 1.50 bits per heavy atom. The average Bonchev–Trinajstić information content (AvgIpc) is 2.27. The second-order valence-electron chi connectivity index (χ2n) is 3.90. The number of carbonyl (C=O) groups is 2. The van der Waals surface area contributed by atoms with Crippen LogP contribution in [0, 0.1) is 0 Å². The Balaban J connectivity index is 2.34. The van der Waals surface area contributed by atoms with Crippen LogP contribution < -0.4 is 10.6 Å². The maximum atomic E-state index is 11.5. The van der Waals surface area contributed by atoms with E-state index in [4.69, 9.17) is 5.11 Å². The van der Waals surface area contributed by atoms with Crippen LogP contribution in [0.3, 0.4) is 0 Å². The SMILES string of the molecule is CC[C@H](NC(=O)NC1CC=CCC1)C(=O)O. The molecule has 1 aliphatic carbocycles. The van der Waals surface area contributed by atoms with Crippen LogP contribution in [0.4, 0.5) is 4.79 Å². The molecule has 5 heteroatoms. The van der Waals surface area contributed by atoms with Crippen LogP contribution >= 0.6 is 0 Å². The predicted molar refractivity (Wildman–Crippen MR) is 60.2 cm³/mol. The monoisotopic (exact) mass is 226 g/mol. The van der Waals surface area contributed by atoms with E-state index >= 15 is 0 Å². The lowest BCUT2D eigenvalue weighted by Crippen LogP contribution is -2.48. The summed E-state index contributed by atoms with van der Waals surface area (Å²) in [6, 6.07) is -1.08. The molecule has 0 aromatic carbocycles. The number of hydrogen-bond donors (Lipinski definition) is 3. The Morgan fingerprint density at radius 2 is 2.25 bits per heavy atom. The molecule has 2 atom stereocenters. The van der Waals surface area contributed by atoms with Crippen LogP contribution in [0.2, 0.25) is 0 Å². The van der Waals surface area contributed by atoms with Crippen molar-refractivity contribution in [3.05, 3.63) is 12.2 Å². The topological polar surface area (TPSA) is 78.4 Å². The first-order valence-electron chi connectivity index (χ1n) is 5.58. The van der Waals surface area contributed by atoms with Crippen molar-refractivity contribution < 1.29 is 14.7 Å². The van der Waals surface area contributed by atoms with Crippen molar-refractivity contribution in [2.45, 2.75) is 44.7 Å². The number of rotatable bonds is 4. The Morgan fingerprint density at radius 3 is 2.75 bits per heavy atom. The summed E-state index contributed by atoms with van der Waals surface area (Å²) < 4.78 is 0. The van der Waals surface area contributed by atoms with E-state index in [0.29, 0.717) is 6.42 Å². The van der Waals surface area contributed by atoms with Crippen molar-refractivity contribution in [3.8, 4) is 0 Å². The molecule has 0 aromatic heterocycles. The van der Waals surface area contributed by atoms with Crippen LogP contribution in [0.1, 0.15) is 32.6 Å². The standard InChI is InChI=1S/C11H18N2O3/c1-2-9(10(14)15)13-11(16)12-8-6-4-3-5-7-8/h3-4,8-9H,2,5-7H2,1H3,(H,14,15)(H2,12,13,16)/t8?,9-/m0/s1. The van der Waals surface area contributed by atoms with E-state index in [1.165, 1.54) is 0 Å². The molecule has 0 radical (unpaired) electrons. The van der Waals surface area contributed by atoms with Gasteiger partial charge in [0, 0.05) is 6.04 Å². The summed E-state index contributed by atoms with van der Waals surface area (Å²) in [5.74, 6) is -0.999. The van der Waals surface area contributed by atoms with Crippen molar-refractivity contribution in [1.82, 2.24) is 10.6 Å². The first-order valence-corrected chi connectivity index (χ1v) is 5.58. The van der Waals surface area contributed by atoms with Crippen molar-refractivity contribution in [3.63, 3.8) is 0 Å². The van der Waals surface area contributed by atoms with Gasteiger partial charge in [-0.25, -0.2) is 9.59 Å². The number of carboxylic acids is 1. The number of amides is 2. The van der Waals surface area contributed by atoms with Gasteiger partial charge in [0.2, 0.25) is 0 Å². The van der Waals surface area contributed by atoms with Gasteiger partial charge in [0.15, 0.2) is 0 Å². The second kappa shape index (κ2) is 6.15. The lowest BCUT2D eigenvalue weighted by molar-refractivity contribution is -0.139. The zero-order chi connectivity index (χ0) is 12.0. The molecule has 1 rings (SSSR count). The van der Waals surface area contributed by atoms with Gasteiger partial charge in [-0.05, 0) is 25.7 Å². The van der Waals surface area contributed by atoms with Crippen molar-refractivity contribution in [2.75, 3.05) is 0 Å². The van der Waals surface area contributed by atoms with Gasteiger partial charge >= 0.3 is 12.0 Å². The van der Waals surface area contributed by atoms with Gasteiger partial charge in [0.1, 0.15) is 6.04 Å². The maximum Gasteiger partial charge on any atom is 0.326 e. The van der Waals surface area contributed by atoms with E-state index in [2.05, 4.69) is 16.7 Å². The zero-order valence-corrected chi connectivity index (χ0v) is 9.40.